The highest BCUT2D eigenvalue weighted by Gasteiger charge is 2.33. The van der Waals surface area contributed by atoms with Crippen LogP contribution in [0.4, 0.5) is 31.8 Å². The lowest BCUT2D eigenvalue weighted by molar-refractivity contribution is 0.122. The number of halogens is 2. The average molecular weight is 556 g/mol. The molecule has 0 atom stereocenters. The van der Waals surface area contributed by atoms with Crippen LogP contribution >= 0.6 is 10.8 Å². The molecule has 0 bridgehead atoms. The summed E-state index contributed by atoms with van der Waals surface area (Å²) in [6.45, 7) is 4.59. The van der Waals surface area contributed by atoms with Gasteiger partial charge in [-0.1, -0.05) is 0 Å². The van der Waals surface area contributed by atoms with Gasteiger partial charge < -0.3 is 15.0 Å². The van der Waals surface area contributed by atoms with Gasteiger partial charge in [-0.05, 0) is 13.3 Å². The van der Waals surface area contributed by atoms with Crippen molar-refractivity contribution in [3.05, 3.63) is 60.3 Å². The van der Waals surface area contributed by atoms with Crippen LogP contribution in [0.3, 0.4) is 0 Å². The number of fused-ring (bicyclic) bond motifs is 1. The zero-order valence-corrected chi connectivity index (χ0v) is 22.0. The Bertz CT molecular complexity index is 1540. The summed E-state index contributed by atoms with van der Waals surface area (Å²) in [6, 6.07) is 3.82. The molecule has 0 amide bonds. The van der Waals surface area contributed by atoms with E-state index in [4.69, 9.17) is 4.74 Å². The molecule has 3 N–H and O–H groups in total. The summed E-state index contributed by atoms with van der Waals surface area (Å²) in [6.07, 6.45) is 7.01. The van der Waals surface area contributed by atoms with E-state index in [9.17, 15) is 13.5 Å². The van der Waals surface area contributed by atoms with Gasteiger partial charge in [0.1, 0.15) is 23.8 Å². The van der Waals surface area contributed by atoms with Crippen molar-refractivity contribution in [2.45, 2.75) is 13.3 Å². The molecule has 0 spiro atoms. The van der Waals surface area contributed by atoms with Crippen molar-refractivity contribution in [1.29, 1.82) is 0 Å². The van der Waals surface area contributed by atoms with Crippen LogP contribution in [-0.2, 0) is 4.74 Å². The molecule has 5 heterocycles. The quantitative estimate of drug-likeness (QED) is 0.306. The predicted octanol–water partition coefficient (Wildman–Crippen LogP) is 5.13. The molecule has 1 aromatic carbocycles. The minimum absolute atomic E-state index is 0.0600. The van der Waals surface area contributed by atoms with Crippen molar-refractivity contribution < 1.29 is 22.6 Å². The first kappa shape index (κ1) is 25.6. The molecule has 0 radical (unpaired) electrons. The van der Waals surface area contributed by atoms with Crippen LogP contribution in [0, 0.1) is 18.6 Å². The van der Waals surface area contributed by atoms with Crippen molar-refractivity contribution >= 4 is 44.7 Å². The molecular weight excluding hydrogens is 528 g/mol. The molecule has 2 fully saturated rings. The van der Waals surface area contributed by atoms with Gasteiger partial charge >= 0.3 is 0 Å². The van der Waals surface area contributed by atoms with Crippen LogP contribution < -0.4 is 14.5 Å². The molecular formula is C26H27F2N7O3S. The topological polar surface area (TPSA) is 120 Å². The standard InChI is InChI=1S/C26H27F2N7O3S/c1-16-25(24-20(28)9-18(27)10-22(24)33-26(16)35-3-2-8-39(35,36)37)32-21-11-23(34-4-6-38-7-5-34)31-14-19(21)17-12-29-15-30-13-17/h9-15,36-37H,2-8H2,1H3,(H,31,32,33). The van der Waals surface area contributed by atoms with E-state index < -0.39 is 22.4 Å². The van der Waals surface area contributed by atoms with Crippen LogP contribution in [-0.4, -0.2) is 67.6 Å². The lowest BCUT2D eigenvalue weighted by Gasteiger charge is -2.38. The molecule has 3 aromatic heterocycles. The van der Waals surface area contributed by atoms with Gasteiger partial charge in [-0.25, -0.2) is 28.7 Å². The van der Waals surface area contributed by atoms with Crippen LogP contribution in [0.2, 0.25) is 0 Å². The third kappa shape index (κ3) is 4.82. The Morgan fingerprint density at radius 3 is 2.51 bits per heavy atom. The Morgan fingerprint density at radius 1 is 1.03 bits per heavy atom. The molecule has 0 aliphatic carbocycles. The Morgan fingerprint density at radius 2 is 1.79 bits per heavy atom. The summed E-state index contributed by atoms with van der Waals surface area (Å²) in [7, 11) is -3.10. The SMILES string of the molecule is Cc1c(N2CCCS2(O)O)nc2cc(F)cc(F)c2c1Nc1cc(N2CCOCC2)ncc1-c1cncnc1. The fourth-order valence-corrected chi connectivity index (χ4v) is 6.62. The maximum atomic E-state index is 15.4. The van der Waals surface area contributed by atoms with E-state index in [2.05, 4.69) is 30.2 Å². The Hall–Kier alpha value is -3.65. The monoisotopic (exact) mass is 555 g/mol. The zero-order chi connectivity index (χ0) is 27.1. The smallest absolute Gasteiger partial charge is 0.152 e. The highest BCUT2D eigenvalue weighted by Crippen LogP contribution is 2.52. The predicted molar refractivity (Wildman–Crippen MR) is 148 cm³/mol. The third-order valence-corrected chi connectivity index (χ3v) is 8.84. The van der Waals surface area contributed by atoms with E-state index in [0.717, 1.165) is 12.1 Å². The lowest BCUT2D eigenvalue weighted by atomic mass is 10.1. The number of hydrogen-bond acceptors (Lipinski definition) is 10. The van der Waals surface area contributed by atoms with Crippen molar-refractivity contribution in [3.8, 4) is 11.1 Å². The Balaban J connectivity index is 1.55. The number of rotatable bonds is 5. The van der Waals surface area contributed by atoms with Gasteiger partial charge in [-0.3, -0.25) is 13.4 Å². The Labute approximate surface area is 225 Å². The van der Waals surface area contributed by atoms with Crippen LogP contribution in [0.25, 0.3) is 22.0 Å². The van der Waals surface area contributed by atoms with Gasteiger partial charge in [0.15, 0.2) is 5.82 Å². The first-order chi connectivity index (χ1) is 18.8. The molecule has 0 saturated carbocycles. The van der Waals surface area contributed by atoms with Crippen LogP contribution in [0.5, 0.6) is 0 Å². The van der Waals surface area contributed by atoms with Gasteiger partial charge in [0, 0.05) is 73.1 Å². The van der Waals surface area contributed by atoms with Crippen molar-refractivity contribution in [2.75, 3.05) is 53.1 Å². The van der Waals surface area contributed by atoms with E-state index in [-0.39, 0.29) is 22.5 Å². The van der Waals surface area contributed by atoms with E-state index >= 15 is 4.39 Å². The largest absolute Gasteiger partial charge is 0.378 e. The van der Waals surface area contributed by atoms with Crippen molar-refractivity contribution in [2.24, 2.45) is 0 Å². The molecule has 4 aromatic rings. The summed E-state index contributed by atoms with van der Waals surface area (Å²) in [4.78, 5) is 19.5. The third-order valence-electron chi connectivity index (χ3n) is 6.95. The minimum Gasteiger partial charge on any atom is -0.378 e. The maximum Gasteiger partial charge on any atom is 0.152 e. The first-order valence-electron chi connectivity index (χ1n) is 12.5. The number of nitrogens with zero attached hydrogens (tertiary/aromatic N) is 6. The average Bonchev–Trinajstić information content (AvgIpc) is 3.29. The number of morpholine rings is 1. The van der Waals surface area contributed by atoms with Crippen LogP contribution in [0.15, 0.2) is 43.1 Å². The number of ether oxygens (including phenoxy) is 1. The molecule has 0 unspecified atom stereocenters. The van der Waals surface area contributed by atoms with E-state index in [1.165, 1.54) is 10.6 Å². The second-order valence-corrected chi connectivity index (χ2v) is 11.6. The summed E-state index contributed by atoms with van der Waals surface area (Å²) >= 11 is 0. The highest BCUT2D eigenvalue weighted by atomic mass is 32.3. The highest BCUT2D eigenvalue weighted by molar-refractivity contribution is 8.25. The fourth-order valence-electron chi connectivity index (χ4n) is 5.01. The number of pyridine rings is 2. The number of benzene rings is 1. The van der Waals surface area contributed by atoms with E-state index in [0.29, 0.717) is 73.2 Å². The molecule has 204 valence electrons. The zero-order valence-electron chi connectivity index (χ0n) is 21.1. The number of anilines is 4. The number of hydrogen-bond donors (Lipinski definition) is 3. The fraction of sp³-hybridized carbons (Fsp3) is 0.308. The molecule has 2 aliphatic rings. The van der Waals surface area contributed by atoms with Gasteiger partial charge in [0.05, 0.1) is 41.2 Å². The van der Waals surface area contributed by atoms with E-state index in [1.807, 2.05) is 6.07 Å². The van der Waals surface area contributed by atoms with Crippen molar-refractivity contribution in [3.63, 3.8) is 0 Å². The number of nitrogens with one attached hydrogen (secondary N) is 1. The maximum absolute atomic E-state index is 15.4. The second kappa shape index (κ2) is 10.2. The van der Waals surface area contributed by atoms with Crippen LogP contribution in [0.1, 0.15) is 12.0 Å². The summed E-state index contributed by atoms with van der Waals surface area (Å²) < 4.78 is 58.0. The lowest BCUT2D eigenvalue weighted by Crippen LogP contribution is -2.36. The summed E-state index contributed by atoms with van der Waals surface area (Å²) in [5.41, 5.74) is 2.86. The van der Waals surface area contributed by atoms with Gasteiger partial charge in [0.2, 0.25) is 0 Å². The van der Waals surface area contributed by atoms with Crippen molar-refractivity contribution in [1.82, 2.24) is 19.9 Å². The minimum atomic E-state index is -3.10. The molecule has 13 heteroatoms. The first-order valence-corrected chi connectivity index (χ1v) is 14.2. The molecule has 2 saturated heterocycles. The molecule has 39 heavy (non-hydrogen) atoms. The van der Waals surface area contributed by atoms with Gasteiger partial charge in [-0.15, -0.1) is 10.8 Å². The molecule has 6 rings (SSSR count). The molecule has 10 nitrogen and oxygen atoms in total. The van der Waals surface area contributed by atoms with Gasteiger partial charge in [-0.2, -0.15) is 0 Å². The molecule has 2 aliphatic heterocycles. The second-order valence-electron chi connectivity index (χ2n) is 9.45. The summed E-state index contributed by atoms with van der Waals surface area (Å²) in [5, 5.41) is 3.47. The summed E-state index contributed by atoms with van der Waals surface area (Å²) in [5.74, 6) is -0.383. The van der Waals surface area contributed by atoms with Gasteiger partial charge in [0.25, 0.3) is 0 Å². The number of aromatic nitrogens is 4. The normalized spacial score (nSPS) is 18.0. The van der Waals surface area contributed by atoms with E-state index in [1.54, 1.807) is 25.5 Å². The Kier molecular flexibility index (Phi) is 6.67.